The summed E-state index contributed by atoms with van der Waals surface area (Å²) in [6, 6.07) is 15.0. The maximum Gasteiger partial charge on any atom is 0.254 e. The predicted molar refractivity (Wildman–Crippen MR) is 135 cm³/mol. The summed E-state index contributed by atoms with van der Waals surface area (Å²) in [5.74, 6) is 0.508. The van der Waals surface area contributed by atoms with Crippen LogP contribution in [0.3, 0.4) is 0 Å². The van der Waals surface area contributed by atoms with E-state index < -0.39 is 12.0 Å². The lowest BCUT2D eigenvalue weighted by atomic mass is 9.81. The lowest BCUT2D eigenvalue weighted by Gasteiger charge is -2.40. The van der Waals surface area contributed by atoms with Crippen molar-refractivity contribution < 1.29 is 19.1 Å². The minimum absolute atomic E-state index is 0.0940. The number of ether oxygens (including phenoxy) is 2. The highest BCUT2D eigenvalue weighted by molar-refractivity contribution is 7.10. The van der Waals surface area contributed by atoms with E-state index in [2.05, 4.69) is 26.0 Å². The highest BCUT2D eigenvalue weighted by Gasteiger charge is 2.45. The number of hydrogen-bond donors (Lipinski definition) is 0. The largest absolute Gasteiger partial charge is 0.493 e. The number of likely N-dealkylation sites (N-methyl/N-ethyl adjacent to an activating group) is 2. The molecule has 0 saturated heterocycles. The first-order valence-corrected chi connectivity index (χ1v) is 12.1. The zero-order chi connectivity index (χ0) is 24.6. The molecule has 0 saturated carbocycles. The van der Waals surface area contributed by atoms with Crippen LogP contribution in [0.25, 0.3) is 0 Å². The van der Waals surface area contributed by atoms with Crippen molar-refractivity contribution in [3.63, 3.8) is 0 Å². The maximum absolute atomic E-state index is 14.1. The number of carbonyl (C=O) groups is 2. The molecular weight excluding hydrogens is 448 g/mol. The van der Waals surface area contributed by atoms with E-state index in [0.29, 0.717) is 28.5 Å². The van der Waals surface area contributed by atoms with Crippen molar-refractivity contribution >= 4 is 28.8 Å². The van der Waals surface area contributed by atoms with Gasteiger partial charge in [-0.3, -0.25) is 9.59 Å². The Hall–Kier alpha value is -3.32. The second kappa shape index (κ2) is 9.50. The van der Waals surface area contributed by atoms with E-state index in [4.69, 9.17) is 9.47 Å². The molecule has 7 heteroatoms. The lowest BCUT2D eigenvalue weighted by molar-refractivity contribution is -0.121. The van der Waals surface area contributed by atoms with Crippen LogP contribution in [0.5, 0.6) is 11.5 Å². The molecular formula is C27H30N2O4S. The van der Waals surface area contributed by atoms with E-state index in [1.54, 1.807) is 54.5 Å². The first-order chi connectivity index (χ1) is 16.3. The average molecular weight is 479 g/mol. The monoisotopic (exact) mass is 478 g/mol. The van der Waals surface area contributed by atoms with Crippen LogP contribution in [-0.4, -0.2) is 45.0 Å². The van der Waals surface area contributed by atoms with E-state index in [-0.39, 0.29) is 11.8 Å². The van der Waals surface area contributed by atoms with E-state index >= 15 is 0 Å². The topological polar surface area (TPSA) is 59.1 Å². The quantitative estimate of drug-likeness (QED) is 0.472. The Kier molecular flexibility index (Phi) is 6.66. The Morgan fingerprint density at radius 2 is 1.71 bits per heavy atom. The van der Waals surface area contributed by atoms with Gasteiger partial charge in [0, 0.05) is 30.2 Å². The Labute approximate surface area is 204 Å². The van der Waals surface area contributed by atoms with Gasteiger partial charge in [0.2, 0.25) is 5.91 Å². The Morgan fingerprint density at radius 1 is 1.06 bits per heavy atom. The summed E-state index contributed by atoms with van der Waals surface area (Å²) in [5, 5.41) is 1.97. The van der Waals surface area contributed by atoms with Crippen LogP contribution in [-0.2, 0) is 4.79 Å². The third-order valence-corrected chi connectivity index (χ3v) is 7.50. The molecule has 1 aliphatic heterocycles. The molecule has 178 valence electrons. The van der Waals surface area contributed by atoms with Crippen LogP contribution in [0.4, 0.5) is 5.69 Å². The molecule has 6 nitrogen and oxygen atoms in total. The highest BCUT2D eigenvalue weighted by atomic mass is 32.1. The van der Waals surface area contributed by atoms with Crippen molar-refractivity contribution in [3.8, 4) is 11.5 Å². The molecule has 2 unspecified atom stereocenters. The highest BCUT2D eigenvalue weighted by Crippen LogP contribution is 2.47. The molecule has 2 heterocycles. The fraction of sp³-hybridized carbons (Fsp3) is 0.333. The van der Waals surface area contributed by atoms with Gasteiger partial charge in [0.1, 0.15) is 0 Å². The zero-order valence-electron chi connectivity index (χ0n) is 20.4. The van der Waals surface area contributed by atoms with E-state index in [1.807, 2.05) is 29.6 Å². The molecule has 2 aromatic carbocycles. The fourth-order valence-corrected chi connectivity index (χ4v) is 5.45. The third-order valence-electron chi connectivity index (χ3n) is 6.55. The van der Waals surface area contributed by atoms with Gasteiger partial charge in [-0.05, 0) is 52.8 Å². The van der Waals surface area contributed by atoms with Gasteiger partial charge >= 0.3 is 0 Å². The number of thiophene rings is 1. The summed E-state index contributed by atoms with van der Waals surface area (Å²) in [5.41, 5.74) is 3.12. The van der Waals surface area contributed by atoms with Crippen LogP contribution in [0, 0.1) is 0 Å². The summed E-state index contributed by atoms with van der Waals surface area (Å²) < 4.78 is 11.0. The van der Waals surface area contributed by atoms with Gasteiger partial charge in [0.15, 0.2) is 11.5 Å². The molecule has 2 amide bonds. The SMILES string of the molecule is COc1cc2c(cc1OC)C(C(=O)N(C)c1ccc(C(C)C)cc1)C(c1cccs1)N(C)C2=O. The Balaban J connectivity index is 1.85. The summed E-state index contributed by atoms with van der Waals surface area (Å²) in [6.45, 7) is 4.28. The fourth-order valence-electron chi connectivity index (χ4n) is 4.55. The Morgan fingerprint density at radius 3 is 2.26 bits per heavy atom. The van der Waals surface area contributed by atoms with Gasteiger partial charge < -0.3 is 19.3 Å². The van der Waals surface area contributed by atoms with Crippen molar-refractivity contribution in [2.24, 2.45) is 0 Å². The zero-order valence-corrected chi connectivity index (χ0v) is 21.2. The van der Waals surface area contributed by atoms with Crippen LogP contribution >= 0.6 is 11.3 Å². The molecule has 1 aliphatic rings. The van der Waals surface area contributed by atoms with Crippen LogP contribution in [0.1, 0.15) is 58.1 Å². The average Bonchev–Trinajstić information content (AvgIpc) is 3.38. The minimum Gasteiger partial charge on any atom is -0.493 e. The number of nitrogens with zero attached hydrogens (tertiary/aromatic N) is 2. The standard InChI is InChI=1S/C27H30N2O4S/c1-16(2)17-9-11-18(12-10-17)28(3)27(31)24-19-14-21(32-5)22(33-6)15-20(19)26(30)29(4)25(24)23-8-7-13-34-23/h7-16,24-25H,1-6H3. The van der Waals surface area contributed by atoms with Gasteiger partial charge in [-0.25, -0.2) is 0 Å². The molecule has 0 fully saturated rings. The molecule has 3 aromatic rings. The second-order valence-corrected chi connectivity index (χ2v) is 9.77. The molecule has 2 atom stereocenters. The van der Waals surface area contributed by atoms with E-state index in [0.717, 1.165) is 10.6 Å². The van der Waals surface area contributed by atoms with Crippen LogP contribution in [0.15, 0.2) is 53.9 Å². The number of carbonyl (C=O) groups excluding carboxylic acids is 2. The molecule has 0 N–H and O–H groups in total. The molecule has 0 radical (unpaired) electrons. The number of methoxy groups -OCH3 is 2. The number of anilines is 1. The molecule has 1 aromatic heterocycles. The van der Waals surface area contributed by atoms with Gasteiger partial charge in [-0.2, -0.15) is 0 Å². The predicted octanol–water partition coefficient (Wildman–Crippen LogP) is 5.46. The van der Waals surface area contributed by atoms with Gasteiger partial charge in [-0.1, -0.05) is 32.0 Å². The van der Waals surface area contributed by atoms with Crippen molar-refractivity contribution in [3.05, 3.63) is 75.5 Å². The van der Waals surface area contributed by atoms with Crippen molar-refractivity contribution in [1.29, 1.82) is 0 Å². The first-order valence-electron chi connectivity index (χ1n) is 11.2. The molecule has 34 heavy (non-hydrogen) atoms. The number of hydrogen-bond acceptors (Lipinski definition) is 5. The Bertz CT molecular complexity index is 1190. The van der Waals surface area contributed by atoms with Crippen LogP contribution < -0.4 is 14.4 Å². The summed E-state index contributed by atoms with van der Waals surface area (Å²) in [4.78, 5) is 31.8. The number of amides is 2. The summed E-state index contributed by atoms with van der Waals surface area (Å²) >= 11 is 1.54. The number of rotatable bonds is 6. The normalized spacial score (nSPS) is 17.5. The van der Waals surface area contributed by atoms with Crippen molar-refractivity contribution in [2.45, 2.75) is 31.7 Å². The van der Waals surface area contributed by atoms with Gasteiger partial charge in [-0.15, -0.1) is 11.3 Å². The van der Waals surface area contributed by atoms with E-state index in [1.165, 1.54) is 12.7 Å². The number of benzene rings is 2. The molecule has 0 spiro atoms. The van der Waals surface area contributed by atoms with Gasteiger partial charge in [0.05, 0.1) is 26.2 Å². The van der Waals surface area contributed by atoms with Crippen LogP contribution in [0.2, 0.25) is 0 Å². The van der Waals surface area contributed by atoms with Crippen molar-refractivity contribution in [2.75, 3.05) is 33.2 Å². The minimum atomic E-state index is -0.606. The number of fused-ring (bicyclic) bond motifs is 1. The van der Waals surface area contributed by atoms with Crippen molar-refractivity contribution in [1.82, 2.24) is 4.90 Å². The first kappa shape index (κ1) is 23.8. The third kappa shape index (κ3) is 4.05. The molecule has 0 aliphatic carbocycles. The molecule has 0 bridgehead atoms. The van der Waals surface area contributed by atoms with Gasteiger partial charge in [0.25, 0.3) is 5.91 Å². The maximum atomic E-state index is 14.1. The summed E-state index contributed by atoms with van der Waals surface area (Å²) in [6.07, 6.45) is 0. The summed E-state index contributed by atoms with van der Waals surface area (Å²) in [7, 11) is 6.63. The smallest absolute Gasteiger partial charge is 0.254 e. The lowest BCUT2D eigenvalue weighted by Crippen LogP contribution is -2.46. The van der Waals surface area contributed by atoms with E-state index in [9.17, 15) is 9.59 Å². The second-order valence-electron chi connectivity index (χ2n) is 8.79. The molecule has 4 rings (SSSR count).